The number of nitrogens with zero attached hydrogens (tertiary/aromatic N) is 1. The first kappa shape index (κ1) is 11.2. The zero-order valence-electron chi connectivity index (χ0n) is 9.52. The SMILES string of the molecule is Cc1[nH]c(=O)n(-c2ccc(O)cc2)c(=O)c1C. The van der Waals surface area contributed by atoms with Gasteiger partial charge in [0.1, 0.15) is 5.75 Å². The van der Waals surface area contributed by atoms with Crippen LogP contribution in [0.5, 0.6) is 5.75 Å². The summed E-state index contributed by atoms with van der Waals surface area (Å²) < 4.78 is 1.04. The standard InChI is InChI=1S/C12H12N2O3/c1-7-8(2)13-12(17)14(11(7)16)9-3-5-10(15)6-4-9/h3-6,15H,1-2H3,(H,13,17). The van der Waals surface area contributed by atoms with Gasteiger partial charge in [-0.3, -0.25) is 4.79 Å². The number of aromatic amines is 1. The molecule has 0 atom stereocenters. The van der Waals surface area contributed by atoms with E-state index < -0.39 is 5.69 Å². The fourth-order valence-electron chi connectivity index (χ4n) is 1.57. The molecule has 5 heteroatoms. The van der Waals surface area contributed by atoms with Crippen LogP contribution in [0.15, 0.2) is 33.9 Å². The minimum atomic E-state index is -0.483. The molecule has 2 N–H and O–H groups in total. The van der Waals surface area contributed by atoms with Crippen LogP contribution in [0.4, 0.5) is 0 Å². The van der Waals surface area contributed by atoms with Crippen molar-refractivity contribution in [1.29, 1.82) is 0 Å². The van der Waals surface area contributed by atoms with Crippen LogP contribution < -0.4 is 11.2 Å². The minimum absolute atomic E-state index is 0.0852. The summed E-state index contributed by atoms with van der Waals surface area (Å²) in [5, 5.41) is 9.17. The summed E-state index contributed by atoms with van der Waals surface area (Å²) in [4.78, 5) is 26.3. The molecule has 2 rings (SSSR count). The van der Waals surface area contributed by atoms with Gasteiger partial charge in [-0.05, 0) is 38.1 Å². The highest BCUT2D eigenvalue weighted by molar-refractivity contribution is 5.37. The molecule has 0 fully saturated rings. The molecule has 5 nitrogen and oxygen atoms in total. The van der Waals surface area contributed by atoms with Crippen molar-refractivity contribution in [3.63, 3.8) is 0 Å². The van der Waals surface area contributed by atoms with Crippen LogP contribution in [0, 0.1) is 13.8 Å². The Bertz CT molecular complexity index is 666. The fourth-order valence-corrected chi connectivity index (χ4v) is 1.57. The number of rotatable bonds is 1. The van der Waals surface area contributed by atoms with Gasteiger partial charge in [0.15, 0.2) is 0 Å². The number of aromatic hydroxyl groups is 1. The van der Waals surface area contributed by atoms with E-state index in [1.54, 1.807) is 13.8 Å². The number of nitrogens with one attached hydrogen (secondary N) is 1. The summed E-state index contributed by atoms with van der Waals surface area (Å²) in [6.07, 6.45) is 0. The average Bonchev–Trinajstić information content (AvgIpc) is 2.29. The number of H-pyrrole nitrogens is 1. The lowest BCUT2D eigenvalue weighted by Crippen LogP contribution is -2.35. The second-order valence-electron chi connectivity index (χ2n) is 3.84. The predicted octanol–water partition coefficient (Wildman–Crippen LogP) is 0.848. The van der Waals surface area contributed by atoms with Crippen molar-refractivity contribution in [2.24, 2.45) is 0 Å². The lowest BCUT2D eigenvalue weighted by atomic mass is 10.2. The molecule has 0 aliphatic carbocycles. The molecule has 1 aromatic carbocycles. The third kappa shape index (κ3) is 1.87. The van der Waals surface area contributed by atoms with Crippen LogP contribution in [0.1, 0.15) is 11.3 Å². The van der Waals surface area contributed by atoms with Crippen molar-refractivity contribution < 1.29 is 5.11 Å². The third-order valence-corrected chi connectivity index (χ3v) is 2.69. The van der Waals surface area contributed by atoms with Gasteiger partial charge in [-0.1, -0.05) is 0 Å². The van der Waals surface area contributed by atoms with Crippen molar-refractivity contribution in [3.05, 3.63) is 56.4 Å². The third-order valence-electron chi connectivity index (χ3n) is 2.69. The van der Waals surface area contributed by atoms with Gasteiger partial charge in [0.05, 0.1) is 5.69 Å². The Morgan fingerprint density at radius 3 is 2.29 bits per heavy atom. The van der Waals surface area contributed by atoms with Gasteiger partial charge in [-0.15, -0.1) is 0 Å². The minimum Gasteiger partial charge on any atom is -0.508 e. The van der Waals surface area contributed by atoms with E-state index in [1.165, 1.54) is 24.3 Å². The Kier molecular flexibility index (Phi) is 2.59. The molecular formula is C12H12N2O3. The molecule has 0 radical (unpaired) electrons. The molecule has 1 aromatic heterocycles. The van der Waals surface area contributed by atoms with E-state index in [2.05, 4.69) is 4.98 Å². The van der Waals surface area contributed by atoms with Crippen molar-refractivity contribution >= 4 is 0 Å². The molecule has 17 heavy (non-hydrogen) atoms. The first-order valence-electron chi connectivity index (χ1n) is 5.12. The smallest absolute Gasteiger partial charge is 0.333 e. The van der Waals surface area contributed by atoms with Crippen LogP contribution in [0.3, 0.4) is 0 Å². The summed E-state index contributed by atoms with van der Waals surface area (Å²) in [5.41, 5.74) is 0.658. The summed E-state index contributed by atoms with van der Waals surface area (Å²) in [5.74, 6) is 0.0852. The largest absolute Gasteiger partial charge is 0.508 e. The maximum absolute atomic E-state index is 12.0. The number of hydrogen-bond acceptors (Lipinski definition) is 3. The maximum Gasteiger partial charge on any atom is 0.333 e. The quantitative estimate of drug-likeness (QED) is 0.765. The first-order valence-corrected chi connectivity index (χ1v) is 5.12. The number of aromatic nitrogens is 2. The highest BCUT2D eigenvalue weighted by Crippen LogP contribution is 2.11. The Morgan fingerprint density at radius 1 is 1.12 bits per heavy atom. The van der Waals surface area contributed by atoms with Gasteiger partial charge < -0.3 is 10.1 Å². The van der Waals surface area contributed by atoms with Crippen LogP contribution >= 0.6 is 0 Å². The lowest BCUT2D eigenvalue weighted by Gasteiger charge is -2.07. The molecule has 2 aromatic rings. The Morgan fingerprint density at radius 2 is 1.71 bits per heavy atom. The highest BCUT2D eigenvalue weighted by atomic mass is 16.3. The van der Waals surface area contributed by atoms with E-state index in [4.69, 9.17) is 5.11 Å². The lowest BCUT2D eigenvalue weighted by molar-refractivity contribution is 0.475. The molecular weight excluding hydrogens is 220 g/mol. The van der Waals surface area contributed by atoms with Crippen LogP contribution in [0.2, 0.25) is 0 Å². The second-order valence-corrected chi connectivity index (χ2v) is 3.84. The van der Waals surface area contributed by atoms with Crippen molar-refractivity contribution in [3.8, 4) is 11.4 Å². The number of hydrogen-bond donors (Lipinski definition) is 2. The van der Waals surface area contributed by atoms with Crippen molar-refractivity contribution in [1.82, 2.24) is 9.55 Å². The number of aryl methyl sites for hydroxylation is 1. The molecule has 0 amide bonds. The van der Waals surface area contributed by atoms with E-state index >= 15 is 0 Å². The number of phenolic OH excluding ortho intramolecular Hbond substituents is 1. The highest BCUT2D eigenvalue weighted by Gasteiger charge is 2.09. The van der Waals surface area contributed by atoms with Gasteiger partial charge in [0.25, 0.3) is 5.56 Å². The fraction of sp³-hybridized carbons (Fsp3) is 0.167. The van der Waals surface area contributed by atoms with E-state index in [1.807, 2.05) is 0 Å². The zero-order chi connectivity index (χ0) is 12.6. The van der Waals surface area contributed by atoms with Crippen LogP contribution in [-0.4, -0.2) is 14.7 Å². The van der Waals surface area contributed by atoms with E-state index in [-0.39, 0.29) is 11.3 Å². The summed E-state index contributed by atoms with van der Waals surface area (Å²) >= 11 is 0. The molecule has 0 aliphatic rings. The molecule has 0 saturated carbocycles. The van der Waals surface area contributed by atoms with Gasteiger partial charge >= 0.3 is 5.69 Å². The van der Waals surface area contributed by atoms with Crippen molar-refractivity contribution in [2.45, 2.75) is 13.8 Å². The Hall–Kier alpha value is -2.30. The molecule has 88 valence electrons. The van der Waals surface area contributed by atoms with Crippen molar-refractivity contribution in [2.75, 3.05) is 0 Å². The zero-order valence-corrected chi connectivity index (χ0v) is 9.52. The normalized spacial score (nSPS) is 10.5. The van der Waals surface area contributed by atoms with Gasteiger partial charge in [-0.25, -0.2) is 9.36 Å². The Labute approximate surface area is 97.0 Å². The molecule has 0 saturated heterocycles. The van der Waals surface area contributed by atoms with E-state index in [0.717, 1.165) is 4.57 Å². The van der Waals surface area contributed by atoms with Gasteiger partial charge in [0.2, 0.25) is 0 Å². The number of benzene rings is 1. The van der Waals surface area contributed by atoms with Crippen LogP contribution in [0.25, 0.3) is 5.69 Å². The predicted molar refractivity (Wildman–Crippen MR) is 63.8 cm³/mol. The summed E-state index contributed by atoms with van der Waals surface area (Å²) in [6.45, 7) is 3.34. The maximum atomic E-state index is 12.0. The van der Waals surface area contributed by atoms with Gasteiger partial charge in [0, 0.05) is 11.3 Å². The van der Waals surface area contributed by atoms with E-state index in [0.29, 0.717) is 16.9 Å². The second kappa shape index (κ2) is 3.93. The summed E-state index contributed by atoms with van der Waals surface area (Å²) in [7, 11) is 0. The van der Waals surface area contributed by atoms with E-state index in [9.17, 15) is 9.59 Å². The first-order chi connectivity index (χ1) is 8.00. The number of phenols is 1. The molecule has 0 bridgehead atoms. The average molecular weight is 232 g/mol. The molecule has 0 spiro atoms. The molecule has 0 unspecified atom stereocenters. The molecule has 0 aliphatic heterocycles. The summed E-state index contributed by atoms with van der Waals surface area (Å²) in [6, 6.07) is 5.88. The van der Waals surface area contributed by atoms with Crippen LogP contribution in [-0.2, 0) is 0 Å². The molecule has 1 heterocycles. The topological polar surface area (TPSA) is 75.1 Å². The van der Waals surface area contributed by atoms with Gasteiger partial charge in [-0.2, -0.15) is 0 Å². The monoisotopic (exact) mass is 232 g/mol. The Balaban J connectivity index is 2.77.